The van der Waals surface area contributed by atoms with Gasteiger partial charge in [0, 0.05) is 18.7 Å². The van der Waals surface area contributed by atoms with Crippen LogP contribution in [0.5, 0.6) is 0 Å². The number of imide groups is 2. The minimum absolute atomic E-state index is 0.0638. The van der Waals surface area contributed by atoms with E-state index >= 15 is 0 Å². The van der Waals surface area contributed by atoms with E-state index in [-0.39, 0.29) is 24.0 Å². The van der Waals surface area contributed by atoms with Crippen molar-refractivity contribution >= 4 is 37.6 Å². The number of carbonyl (C=O) groups excluding carboxylic acids is 4. The zero-order valence-electron chi connectivity index (χ0n) is 37.5. The van der Waals surface area contributed by atoms with E-state index in [0.717, 1.165) is 4.90 Å². The Labute approximate surface area is 372 Å². The molecule has 1 aromatic rings. The van der Waals surface area contributed by atoms with Crippen LogP contribution in [-0.2, 0) is 70.9 Å². The van der Waals surface area contributed by atoms with Crippen molar-refractivity contribution in [3.63, 3.8) is 0 Å². The smallest absolute Gasteiger partial charge is 0.264 e. The van der Waals surface area contributed by atoms with Crippen LogP contribution in [0.4, 0.5) is 5.69 Å². The molecule has 2 N–H and O–H groups in total. The fourth-order valence-corrected chi connectivity index (χ4v) is 6.54. The third-order valence-electron chi connectivity index (χ3n) is 8.88. The number of hydrogen-bond donors (Lipinski definition) is 2. The lowest BCUT2D eigenvalue weighted by atomic mass is 10.0. The van der Waals surface area contributed by atoms with Gasteiger partial charge in [0.2, 0.25) is 11.8 Å². The number of nitrogens with one attached hydrogen (secondary N) is 2. The molecule has 360 valence electrons. The molecule has 2 heterocycles. The zero-order valence-corrected chi connectivity index (χ0v) is 38.5. The highest BCUT2D eigenvalue weighted by molar-refractivity contribution is 6.69. The van der Waals surface area contributed by atoms with Gasteiger partial charge < -0.3 is 66.6 Å². The van der Waals surface area contributed by atoms with Gasteiger partial charge in [-0.2, -0.15) is 0 Å². The average molecular weight is 918 g/mol. The number of amides is 4. The van der Waals surface area contributed by atoms with Crippen molar-refractivity contribution in [2.75, 3.05) is 177 Å². The number of ether oxygens (including phenoxy) is 12. The third-order valence-corrected chi connectivity index (χ3v) is 9.95. The molecule has 20 nitrogen and oxygen atoms in total. The summed E-state index contributed by atoms with van der Waals surface area (Å²) in [6, 6.07) is 3.90. The molecule has 0 aliphatic carbocycles. The number of anilines is 1. The summed E-state index contributed by atoms with van der Waals surface area (Å²) in [7, 11) is -1.47. The van der Waals surface area contributed by atoms with E-state index in [1.165, 1.54) is 0 Å². The van der Waals surface area contributed by atoms with Gasteiger partial charge in [0.1, 0.15) is 6.04 Å². The van der Waals surface area contributed by atoms with Crippen LogP contribution in [0.3, 0.4) is 0 Å². The fraction of sp³-hybridized carbons (Fsp3) is 0.762. The monoisotopic (exact) mass is 917 g/mol. The number of benzene rings is 1. The average Bonchev–Trinajstić information content (AvgIpc) is 3.51. The van der Waals surface area contributed by atoms with Crippen molar-refractivity contribution in [2.45, 2.75) is 38.5 Å². The molecular formula is C42H71N3O17Si. The van der Waals surface area contributed by atoms with Gasteiger partial charge in [0.15, 0.2) is 8.32 Å². The first-order valence-electron chi connectivity index (χ1n) is 21.8. The molecule has 0 bridgehead atoms. The van der Waals surface area contributed by atoms with Gasteiger partial charge in [0.05, 0.1) is 176 Å². The van der Waals surface area contributed by atoms with Crippen molar-refractivity contribution in [1.82, 2.24) is 10.2 Å². The molecule has 1 aromatic carbocycles. The van der Waals surface area contributed by atoms with Gasteiger partial charge in [-0.25, -0.2) is 0 Å². The summed E-state index contributed by atoms with van der Waals surface area (Å²) in [5, 5.41) is 5.33. The summed E-state index contributed by atoms with van der Waals surface area (Å²) in [5.74, 6) is -2.17. The zero-order chi connectivity index (χ0) is 45.2. The molecule has 21 heteroatoms. The van der Waals surface area contributed by atoms with Crippen molar-refractivity contribution in [3.05, 3.63) is 29.3 Å². The second-order valence-electron chi connectivity index (χ2n) is 14.9. The Balaban J connectivity index is 0.961. The fourth-order valence-electron chi connectivity index (χ4n) is 5.85. The first-order valence-corrected chi connectivity index (χ1v) is 25.2. The third kappa shape index (κ3) is 24.8. The Morgan fingerprint density at radius 2 is 0.889 bits per heavy atom. The van der Waals surface area contributed by atoms with E-state index in [4.69, 9.17) is 61.3 Å². The summed E-state index contributed by atoms with van der Waals surface area (Å²) in [6.07, 6.45) is 0.165. The highest BCUT2D eigenvalue weighted by Gasteiger charge is 2.45. The Morgan fingerprint density at radius 1 is 0.524 bits per heavy atom. The topological polar surface area (TPSA) is 216 Å². The molecule has 0 spiro atoms. The number of carbonyl (C=O) groups is 4. The van der Waals surface area contributed by atoms with Crippen molar-refractivity contribution in [2.24, 2.45) is 0 Å². The van der Waals surface area contributed by atoms with Gasteiger partial charge in [0.25, 0.3) is 11.8 Å². The van der Waals surface area contributed by atoms with Crippen LogP contribution >= 0.6 is 0 Å². The molecule has 4 amide bonds. The van der Waals surface area contributed by atoms with Crippen LogP contribution in [0.1, 0.15) is 33.6 Å². The van der Waals surface area contributed by atoms with Crippen molar-refractivity contribution in [3.8, 4) is 0 Å². The van der Waals surface area contributed by atoms with Crippen LogP contribution in [0.2, 0.25) is 19.6 Å². The van der Waals surface area contributed by atoms with Crippen LogP contribution in [0, 0.1) is 0 Å². The summed E-state index contributed by atoms with van der Waals surface area (Å²) in [6.45, 7) is 18.8. The highest BCUT2D eigenvalue weighted by atomic mass is 28.4. The van der Waals surface area contributed by atoms with Crippen LogP contribution in [0.25, 0.3) is 0 Å². The minimum Gasteiger partial charge on any atom is -0.415 e. The van der Waals surface area contributed by atoms with E-state index in [2.05, 4.69) is 30.3 Å². The second kappa shape index (κ2) is 34.4. The summed E-state index contributed by atoms with van der Waals surface area (Å²) in [4.78, 5) is 50.9. The maximum atomic E-state index is 13.2. The number of hydrogen-bond acceptors (Lipinski definition) is 18. The molecule has 1 unspecified atom stereocenters. The van der Waals surface area contributed by atoms with Crippen LogP contribution in [-0.4, -0.2) is 215 Å². The maximum Gasteiger partial charge on any atom is 0.264 e. The minimum atomic E-state index is -1.47. The number of rotatable bonds is 42. The molecule has 0 saturated carbocycles. The Hall–Kier alpha value is -3.00. The molecule has 0 radical (unpaired) electrons. The highest BCUT2D eigenvalue weighted by Crippen LogP contribution is 2.32. The molecule has 1 saturated heterocycles. The Morgan fingerprint density at radius 3 is 1.25 bits per heavy atom. The van der Waals surface area contributed by atoms with Gasteiger partial charge in [-0.1, -0.05) is 6.07 Å². The van der Waals surface area contributed by atoms with E-state index < -0.39 is 38.0 Å². The summed E-state index contributed by atoms with van der Waals surface area (Å²) >= 11 is 0. The van der Waals surface area contributed by atoms with E-state index in [1.54, 1.807) is 18.2 Å². The number of piperidine rings is 1. The number of fused-ring (bicyclic) bond motifs is 1. The lowest BCUT2D eigenvalue weighted by molar-refractivity contribution is -0.136. The SMILES string of the molecule is C[Si](C)(C)OCCOCCOCCOCCOCCOCCOCCOCCOCCOCCOCCOCCOCCNc1cccc2c1C(=O)N(C1CCC(=O)NC1=O)C2=O. The molecule has 63 heavy (non-hydrogen) atoms. The van der Waals surface area contributed by atoms with Gasteiger partial charge in [-0.15, -0.1) is 0 Å². The predicted octanol–water partition coefficient (Wildman–Crippen LogP) is 1.55. The van der Waals surface area contributed by atoms with Crippen molar-refractivity contribution in [1.29, 1.82) is 0 Å². The second-order valence-corrected chi connectivity index (χ2v) is 19.4. The lowest BCUT2D eigenvalue weighted by Crippen LogP contribution is -2.54. The normalized spacial score (nSPS) is 15.4. The van der Waals surface area contributed by atoms with Crippen molar-refractivity contribution < 1.29 is 80.4 Å². The molecule has 0 aromatic heterocycles. The first kappa shape index (κ1) is 54.3. The lowest BCUT2D eigenvalue weighted by Gasteiger charge is -2.27. The molecule has 2 aliphatic heterocycles. The van der Waals surface area contributed by atoms with E-state index in [9.17, 15) is 19.2 Å². The largest absolute Gasteiger partial charge is 0.415 e. The molecular weight excluding hydrogens is 847 g/mol. The Kier molecular flexibility index (Phi) is 29.6. The quantitative estimate of drug-likeness (QED) is 0.0541. The predicted molar refractivity (Wildman–Crippen MR) is 231 cm³/mol. The summed E-state index contributed by atoms with van der Waals surface area (Å²) < 4.78 is 71.8. The van der Waals surface area contributed by atoms with Gasteiger partial charge in [-0.3, -0.25) is 29.4 Å². The van der Waals surface area contributed by atoms with Crippen LogP contribution in [0.15, 0.2) is 18.2 Å². The molecule has 1 fully saturated rings. The van der Waals surface area contributed by atoms with E-state index in [1.807, 2.05) is 0 Å². The summed E-state index contributed by atoms with van der Waals surface area (Å²) in [5.41, 5.74) is 0.903. The maximum absolute atomic E-state index is 13.2. The van der Waals surface area contributed by atoms with Gasteiger partial charge >= 0.3 is 0 Å². The van der Waals surface area contributed by atoms with E-state index in [0.29, 0.717) is 177 Å². The Bertz CT molecular complexity index is 1420. The molecule has 1 atom stereocenters. The molecule has 3 rings (SSSR count). The first-order chi connectivity index (χ1) is 30.7. The van der Waals surface area contributed by atoms with Gasteiger partial charge in [-0.05, 0) is 38.2 Å². The number of nitrogens with zero attached hydrogens (tertiary/aromatic N) is 1. The standard InChI is InChI=1S/C42H71N3O17Si/c1-63(2,3)62-34-33-61-32-31-60-30-29-59-28-27-58-26-25-57-24-23-56-22-21-55-20-19-54-18-17-53-16-15-52-14-13-51-12-11-50-10-9-43-36-6-4-5-35-39(36)42(49)45(41(35)48)37-7-8-38(46)44-40(37)47/h4-6,37,43H,7-34H2,1-3H3,(H,44,46,47). The molecule has 2 aliphatic rings. The van der Waals surface area contributed by atoms with Crippen LogP contribution < -0.4 is 10.6 Å².